The van der Waals surface area contributed by atoms with Crippen LogP contribution in [0.5, 0.6) is 0 Å². The average Bonchev–Trinajstić information content (AvgIpc) is 2.53. The Balaban J connectivity index is 1.95. The van der Waals surface area contributed by atoms with Crippen LogP contribution in [0.1, 0.15) is 46.5 Å². The van der Waals surface area contributed by atoms with Crippen LogP contribution in [0.15, 0.2) is 0 Å². The summed E-state index contributed by atoms with van der Waals surface area (Å²) in [4.78, 5) is 39.3. The Kier molecular flexibility index (Phi) is 5.72. The number of aliphatic carboxylic acids is 1. The molecule has 0 aromatic carbocycles. The van der Waals surface area contributed by atoms with Gasteiger partial charge in [0.2, 0.25) is 5.91 Å². The van der Waals surface area contributed by atoms with Crippen molar-refractivity contribution in [1.82, 2.24) is 9.80 Å². The van der Waals surface area contributed by atoms with Gasteiger partial charge in [0.15, 0.2) is 0 Å². The molecule has 0 saturated carbocycles. The zero-order valence-corrected chi connectivity index (χ0v) is 14.8. The van der Waals surface area contributed by atoms with Crippen LogP contribution in [0, 0.1) is 11.8 Å². The molecule has 136 valence electrons. The molecule has 0 spiro atoms. The summed E-state index contributed by atoms with van der Waals surface area (Å²) < 4.78 is 5.38. The minimum absolute atomic E-state index is 0.0331. The monoisotopic (exact) mass is 340 g/mol. The molecule has 2 unspecified atom stereocenters. The maximum absolute atomic E-state index is 12.7. The molecule has 0 radical (unpaired) electrons. The smallest absolute Gasteiger partial charge is 0.410 e. The lowest BCUT2D eigenvalue weighted by molar-refractivity contribution is -0.147. The van der Waals surface area contributed by atoms with Gasteiger partial charge < -0.3 is 19.6 Å². The Morgan fingerprint density at radius 2 is 1.50 bits per heavy atom. The average molecular weight is 340 g/mol. The van der Waals surface area contributed by atoms with Gasteiger partial charge in [-0.25, -0.2) is 4.79 Å². The number of likely N-dealkylation sites (tertiary alicyclic amines) is 2. The first kappa shape index (κ1) is 18.5. The highest BCUT2D eigenvalue weighted by Gasteiger charge is 2.35. The van der Waals surface area contributed by atoms with Crippen LogP contribution in [0.4, 0.5) is 4.79 Å². The van der Waals surface area contributed by atoms with Gasteiger partial charge in [0.05, 0.1) is 11.8 Å². The molecule has 24 heavy (non-hydrogen) atoms. The maximum atomic E-state index is 12.7. The van der Waals surface area contributed by atoms with E-state index in [1.807, 2.05) is 20.8 Å². The number of ether oxygens (including phenoxy) is 1. The van der Waals surface area contributed by atoms with E-state index in [-0.39, 0.29) is 24.5 Å². The fraction of sp³-hybridized carbons (Fsp3) is 0.824. The summed E-state index contributed by atoms with van der Waals surface area (Å²) in [7, 11) is 0. The van der Waals surface area contributed by atoms with Gasteiger partial charge in [0.25, 0.3) is 0 Å². The third-order valence-electron chi connectivity index (χ3n) is 4.50. The van der Waals surface area contributed by atoms with Crippen molar-refractivity contribution in [3.8, 4) is 0 Å². The molecule has 0 aromatic rings. The van der Waals surface area contributed by atoms with E-state index in [0.717, 1.165) is 12.8 Å². The van der Waals surface area contributed by atoms with Crippen molar-refractivity contribution in [2.24, 2.45) is 11.8 Å². The second kappa shape index (κ2) is 7.40. The van der Waals surface area contributed by atoms with Crippen LogP contribution in [0.2, 0.25) is 0 Å². The molecule has 2 amide bonds. The summed E-state index contributed by atoms with van der Waals surface area (Å²) in [6, 6.07) is 0. The predicted molar refractivity (Wildman–Crippen MR) is 87.5 cm³/mol. The number of hydrogen-bond acceptors (Lipinski definition) is 4. The van der Waals surface area contributed by atoms with Crippen LogP contribution >= 0.6 is 0 Å². The summed E-state index contributed by atoms with van der Waals surface area (Å²) in [5, 5.41) is 9.16. The summed E-state index contributed by atoms with van der Waals surface area (Å²) in [5.74, 6) is -1.62. The molecule has 7 nitrogen and oxygen atoms in total. The molecule has 2 aliphatic heterocycles. The van der Waals surface area contributed by atoms with E-state index in [1.54, 1.807) is 9.80 Å². The third-order valence-corrected chi connectivity index (χ3v) is 4.50. The number of nitrogens with zero attached hydrogens (tertiary/aromatic N) is 2. The van der Waals surface area contributed by atoms with Gasteiger partial charge in [-0.2, -0.15) is 0 Å². The molecule has 0 aromatic heterocycles. The molecule has 2 saturated heterocycles. The lowest BCUT2D eigenvalue weighted by atomic mass is 9.93. The quantitative estimate of drug-likeness (QED) is 0.830. The Hall–Kier alpha value is -1.79. The fourth-order valence-electron chi connectivity index (χ4n) is 3.31. The van der Waals surface area contributed by atoms with Gasteiger partial charge in [0.1, 0.15) is 5.60 Å². The van der Waals surface area contributed by atoms with Crippen LogP contribution in [-0.2, 0) is 14.3 Å². The van der Waals surface area contributed by atoms with Crippen molar-refractivity contribution >= 4 is 18.0 Å². The number of amides is 2. The van der Waals surface area contributed by atoms with Crippen molar-refractivity contribution in [2.75, 3.05) is 26.2 Å². The SMILES string of the molecule is CC(C)(C)OC(=O)N1CCCC(C(=O)N2CCCC(C(=O)O)C2)C1. The molecule has 2 fully saturated rings. The summed E-state index contributed by atoms with van der Waals surface area (Å²) in [6.45, 7) is 7.27. The van der Waals surface area contributed by atoms with Crippen molar-refractivity contribution in [1.29, 1.82) is 0 Å². The minimum Gasteiger partial charge on any atom is -0.481 e. The zero-order valence-electron chi connectivity index (χ0n) is 14.8. The number of carbonyl (C=O) groups excluding carboxylic acids is 2. The van der Waals surface area contributed by atoms with E-state index >= 15 is 0 Å². The highest BCUT2D eigenvalue weighted by atomic mass is 16.6. The van der Waals surface area contributed by atoms with Gasteiger partial charge in [-0.3, -0.25) is 9.59 Å². The second-order valence-electron chi connectivity index (χ2n) is 7.73. The number of carbonyl (C=O) groups is 3. The van der Waals surface area contributed by atoms with E-state index in [1.165, 1.54) is 0 Å². The second-order valence-corrected chi connectivity index (χ2v) is 7.73. The summed E-state index contributed by atoms with van der Waals surface area (Å²) in [5.41, 5.74) is -0.560. The molecule has 2 rings (SSSR count). The lowest BCUT2D eigenvalue weighted by Gasteiger charge is -2.37. The third kappa shape index (κ3) is 4.85. The maximum Gasteiger partial charge on any atom is 0.410 e. The molecular formula is C17H28N2O5. The number of carboxylic acid groups (broad SMARTS) is 1. The number of piperidine rings is 2. The minimum atomic E-state index is -0.841. The Labute approximate surface area is 142 Å². The molecule has 7 heteroatoms. The Morgan fingerprint density at radius 3 is 2.08 bits per heavy atom. The normalized spacial score (nSPS) is 25.3. The van der Waals surface area contributed by atoms with E-state index in [0.29, 0.717) is 32.5 Å². The number of carboxylic acids is 1. The van der Waals surface area contributed by atoms with Crippen molar-refractivity contribution in [2.45, 2.75) is 52.1 Å². The fourth-order valence-corrected chi connectivity index (χ4v) is 3.31. The molecule has 0 bridgehead atoms. The first-order valence-corrected chi connectivity index (χ1v) is 8.67. The number of hydrogen-bond donors (Lipinski definition) is 1. The summed E-state index contributed by atoms with van der Waals surface area (Å²) >= 11 is 0. The molecule has 2 heterocycles. The largest absolute Gasteiger partial charge is 0.481 e. The Morgan fingerprint density at radius 1 is 0.958 bits per heavy atom. The van der Waals surface area contributed by atoms with Gasteiger partial charge in [-0.1, -0.05) is 0 Å². The molecule has 1 N–H and O–H groups in total. The van der Waals surface area contributed by atoms with E-state index < -0.39 is 17.5 Å². The van der Waals surface area contributed by atoms with Gasteiger partial charge in [-0.05, 0) is 46.5 Å². The number of rotatable bonds is 2. The van der Waals surface area contributed by atoms with Crippen LogP contribution in [0.25, 0.3) is 0 Å². The first-order chi connectivity index (χ1) is 11.2. The Bertz CT molecular complexity index is 500. The molecule has 2 aliphatic rings. The molecule has 2 atom stereocenters. The molecule has 0 aliphatic carbocycles. The van der Waals surface area contributed by atoms with Crippen molar-refractivity contribution < 1.29 is 24.2 Å². The van der Waals surface area contributed by atoms with Crippen LogP contribution in [0.3, 0.4) is 0 Å². The van der Waals surface area contributed by atoms with Crippen molar-refractivity contribution in [3.05, 3.63) is 0 Å². The van der Waals surface area contributed by atoms with Crippen LogP contribution < -0.4 is 0 Å². The lowest BCUT2D eigenvalue weighted by Crippen LogP contribution is -2.50. The molecular weight excluding hydrogens is 312 g/mol. The first-order valence-electron chi connectivity index (χ1n) is 8.67. The standard InChI is InChI=1S/C17H28N2O5/c1-17(2,3)24-16(23)19-9-4-6-12(10-19)14(20)18-8-5-7-13(11-18)15(21)22/h12-13H,4-11H2,1-3H3,(H,21,22). The summed E-state index contributed by atoms with van der Waals surface area (Å²) in [6.07, 6.45) is 2.43. The predicted octanol–water partition coefficient (Wildman–Crippen LogP) is 1.96. The van der Waals surface area contributed by atoms with E-state index in [2.05, 4.69) is 0 Å². The highest BCUT2D eigenvalue weighted by Crippen LogP contribution is 2.24. The van der Waals surface area contributed by atoms with Crippen LogP contribution in [-0.4, -0.2) is 64.7 Å². The topological polar surface area (TPSA) is 87.2 Å². The van der Waals surface area contributed by atoms with Gasteiger partial charge in [-0.15, -0.1) is 0 Å². The van der Waals surface area contributed by atoms with E-state index in [4.69, 9.17) is 9.84 Å². The highest BCUT2D eigenvalue weighted by molar-refractivity contribution is 5.81. The van der Waals surface area contributed by atoms with Crippen molar-refractivity contribution in [3.63, 3.8) is 0 Å². The van der Waals surface area contributed by atoms with Gasteiger partial charge >= 0.3 is 12.1 Å². The van der Waals surface area contributed by atoms with E-state index in [9.17, 15) is 14.4 Å². The van der Waals surface area contributed by atoms with Gasteiger partial charge in [0, 0.05) is 26.2 Å². The zero-order chi connectivity index (χ0) is 17.9.